The number of rotatable bonds is 9. The molecule has 1 saturated carbocycles. The van der Waals surface area contributed by atoms with Gasteiger partial charge in [0.15, 0.2) is 16.7 Å². The quantitative estimate of drug-likeness (QED) is 0.322. The molecule has 182 valence electrons. The number of allylic oxidation sites excluding steroid dienone is 1. The minimum atomic E-state index is -0.194. The number of ether oxygens (including phenoxy) is 2. The maximum atomic E-state index is 13.6. The van der Waals surface area contributed by atoms with Gasteiger partial charge in [0.1, 0.15) is 5.82 Å². The molecule has 0 radical (unpaired) electrons. The number of carbonyl (C=O) groups is 1. The normalized spacial score (nSPS) is 17.1. The molecule has 7 nitrogen and oxygen atoms in total. The molecule has 1 atom stereocenters. The lowest BCUT2D eigenvalue weighted by atomic mass is 9.87. The maximum Gasteiger partial charge on any atom is 0.233 e. The summed E-state index contributed by atoms with van der Waals surface area (Å²) in [5.41, 5.74) is 3.32. The third-order valence-electron chi connectivity index (χ3n) is 6.63. The van der Waals surface area contributed by atoms with Gasteiger partial charge in [-0.05, 0) is 48.1 Å². The molecule has 0 spiro atoms. The zero-order valence-electron chi connectivity index (χ0n) is 20.1. The van der Waals surface area contributed by atoms with Crippen molar-refractivity contribution in [3.05, 3.63) is 77.6 Å². The number of amides is 1. The van der Waals surface area contributed by atoms with E-state index < -0.39 is 0 Å². The smallest absolute Gasteiger partial charge is 0.233 e. The summed E-state index contributed by atoms with van der Waals surface area (Å²) >= 11 is 1.45. The Morgan fingerprint density at radius 2 is 1.89 bits per heavy atom. The van der Waals surface area contributed by atoms with Crippen LogP contribution in [0.5, 0.6) is 11.5 Å². The number of carbonyl (C=O) groups excluding carboxylic acids is 1. The molecule has 1 unspecified atom stereocenters. The van der Waals surface area contributed by atoms with Gasteiger partial charge in [0.25, 0.3) is 0 Å². The number of nitrogens with zero attached hydrogens (tertiary/aromatic N) is 4. The number of hydrogen-bond donors (Lipinski definition) is 0. The van der Waals surface area contributed by atoms with Crippen LogP contribution in [0.4, 0.5) is 0 Å². The van der Waals surface area contributed by atoms with Gasteiger partial charge >= 0.3 is 0 Å². The van der Waals surface area contributed by atoms with E-state index in [9.17, 15) is 4.79 Å². The largest absolute Gasteiger partial charge is 0.493 e. The average molecular weight is 491 g/mol. The summed E-state index contributed by atoms with van der Waals surface area (Å²) in [6.07, 6.45) is 4.92. The number of methoxy groups -OCH3 is 2. The van der Waals surface area contributed by atoms with Gasteiger partial charge in [0, 0.05) is 19.0 Å². The first kappa shape index (κ1) is 23.5. The molecule has 3 aromatic rings. The van der Waals surface area contributed by atoms with Crippen LogP contribution in [0.1, 0.15) is 47.3 Å². The van der Waals surface area contributed by atoms with Gasteiger partial charge in [-0.2, -0.15) is 0 Å². The van der Waals surface area contributed by atoms with Crippen molar-refractivity contribution in [2.24, 2.45) is 0 Å². The lowest BCUT2D eigenvalue weighted by Crippen LogP contribution is -2.41. The van der Waals surface area contributed by atoms with E-state index in [4.69, 9.17) is 9.47 Å². The first-order chi connectivity index (χ1) is 17.1. The van der Waals surface area contributed by atoms with E-state index >= 15 is 0 Å². The lowest BCUT2D eigenvalue weighted by molar-refractivity contribution is -0.130. The van der Waals surface area contributed by atoms with Gasteiger partial charge in [-0.1, -0.05) is 48.2 Å². The van der Waals surface area contributed by atoms with E-state index in [1.54, 1.807) is 14.2 Å². The zero-order chi connectivity index (χ0) is 24.4. The Bertz CT molecular complexity index is 1220. The number of hydrogen-bond acceptors (Lipinski definition) is 6. The van der Waals surface area contributed by atoms with Crippen LogP contribution in [0.2, 0.25) is 0 Å². The molecule has 2 heterocycles. The average Bonchev–Trinajstić information content (AvgIpc) is 3.67. The van der Waals surface area contributed by atoms with Crippen LogP contribution in [-0.4, -0.2) is 52.1 Å². The molecular weight excluding hydrogens is 460 g/mol. The third kappa shape index (κ3) is 4.67. The van der Waals surface area contributed by atoms with Crippen LogP contribution >= 0.6 is 11.8 Å². The summed E-state index contributed by atoms with van der Waals surface area (Å²) in [6, 6.07) is 14.0. The molecule has 2 aromatic carbocycles. The number of benzene rings is 2. The highest BCUT2D eigenvalue weighted by atomic mass is 32.2. The monoisotopic (exact) mass is 490 g/mol. The van der Waals surface area contributed by atoms with Crippen LogP contribution in [0, 0.1) is 0 Å². The minimum Gasteiger partial charge on any atom is -0.493 e. The van der Waals surface area contributed by atoms with Crippen molar-refractivity contribution in [1.82, 2.24) is 19.7 Å². The fourth-order valence-electron chi connectivity index (χ4n) is 4.77. The maximum absolute atomic E-state index is 13.6. The van der Waals surface area contributed by atoms with Gasteiger partial charge in [-0.3, -0.25) is 4.79 Å². The molecular formula is C27H30N4O3S. The summed E-state index contributed by atoms with van der Waals surface area (Å²) in [6.45, 7) is 5.16. The van der Waals surface area contributed by atoms with E-state index in [1.165, 1.54) is 17.3 Å². The molecule has 1 aliphatic heterocycles. The first-order valence-corrected chi connectivity index (χ1v) is 12.9. The molecule has 1 amide bonds. The Morgan fingerprint density at radius 1 is 1.14 bits per heavy atom. The highest BCUT2D eigenvalue weighted by Gasteiger charge is 2.34. The van der Waals surface area contributed by atoms with Crippen LogP contribution in [0.25, 0.3) is 0 Å². The van der Waals surface area contributed by atoms with Crippen molar-refractivity contribution in [2.45, 2.75) is 42.9 Å². The molecule has 1 aromatic heterocycles. The Balaban J connectivity index is 1.43. The summed E-state index contributed by atoms with van der Waals surface area (Å²) < 4.78 is 13.2. The minimum absolute atomic E-state index is 0.0745. The van der Waals surface area contributed by atoms with Crippen LogP contribution < -0.4 is 9.47 Å². The SMILES string of the molecule is C=CCn1c(SCC(=O)N2CCc3cc(OC)c(OC)cc3C2c2ccccc2)nnc1C1CC1. The Labute approximate surface area is 210 Å². The predicted octanol–water partition coefficient (Wildman–Crippen LogP) is 4.63. The highest BCUT2D eigenvalue weighted by molar-refractivity contribution is 7.99. The van der Waals surface area contributed by atoms with Crippen LogP contribution in [-0.2, 0) is 17.8 Å². The highest BCUT2D eigenvalue weighted by Crippen LogP contribution is 2.42. The van der Waals surface area contributed by atoms with E-state index in [-0.39, 0.29) is 11.9 Å². The van der Waals surface area contributed by atoms with Crippen LogP contribution in [0.3, 0.4) is 0 Å². The number of aromatic nitrogens is 3. The summed E-state index contributed by atoms with van der Waals surface area (Å²) in [5.74, 6) is 3.25. The Hall–Kier alpha value is -3.26. The van der Waals surface area contributed by atoms with Crippen LogP contribution in [0.15, 0.2) is 60.3 Å². The Morgan fingerprint density at radius 3 is 2.57 bits per heavy atom. The molecule has 35 heavy (non-hydrogen) atoms. The van der Waals surface area contributed by atoms with Crippen molar-refractivity contribution < 1.29 is 14.3 Å². The standard InChI is InChI=1S/C27H30N4O3S/c1-4-13-31-26(19-10-11-19)28-29-27(31)35-17-24(32)30-14-12-20-15-22(33-2)23(34-3)16-21(20)25(30)18-8-6-5-7-9-18/h4-9,15-16,19,25H,1,10-14,17H2,2-3H3. The van der Waals surface area contributed by atoms with Gasteiger partial charge < -0.3 is 18.9 Å². The molecule has 8 heteroatoms. The first-order valence-electron chi connectivity index (χ1n) is 11.9. The second-order valence-electron chi connectivity index (χ2n) is 8.86. The topological polar surface area (TPSA) is 69.5 Å². The molecule has 0 saturated heterocycles. The number of thioether (sulfide) groups is 1. The van der Waals surface area contributed by atoms with Gasteiger partial charge in [-0.25, -0.2) is 0 Å². The zero-order valence-corrected chi connectivity index (χ0v) is 21.0. The van der Waals surface area contributed by atoms with Crippen molar-refractivity contribution in [1.29, 1.82) is 0 Å². The predicted molar refractivity (Wildman–Crippen MR) is 136 cm³/mol. The van der Waals surface area contributed by atoms with Crippen molar-refractivity contribution in [3.8, 4) is 11.5 Å². The summed E-state index contributed by atoms with van der Waals surface area (Å²) in [7, 11) is 3.29. The second-order valence-corrected chi connectivity index (χ2v) is 9.80. The fourth-order valence-corrected chi connectivity index (χ4v) is 5.61. The van der Waals surface area contributed by atoms with Gasteiger partial charge in [-0.15, -0.1) is 16.8 Å². The molecule has 5 rings (SSSR count). The van der Waals surface area contributed by atoms with E-state index in [0.717, 1.165) is 41.4 Å². The van der Waals surface area contributed by atoms with Gasteiger partial charge in [0.05, 0.1) is 26.0 Å². The van der Waals surface area contributed by atoms with Crippen molar-refractivity contribution in [3.63, 3.8) is 0 Å². The molecule has 1 aliphatic carbocycles. The van der Waals surface area contributed by atoms with Crippen molar-refractivity contribution >= 4 is 17.7 Å². The molecule has 2 aliphatic rings. The van der Waals surface area contributed by atoms with Crippen molar-refractivity contribution in [2.75, 3.05) is 26.5 Å². The second kappa shape index (κ2) is 10.2. The Kier molecular flexibility index (Phi) is 6.81. The fraction of sp³-hybridized carbons (Fsp3) is 0.370. The molecule has 0 bridgehead atoms. The summed E-state index contributed by atoms with van der Waals surface area (Å²) in [5, 5.41) is 9.58. The third-order valence-corrected chi connectivity index (χ3v) is 7.59. The summed E-state index contributed by atoms with van der Waals surface area (Å²) in [4.78, 5) is 15.6. The lowest BCUT2D eigenvalue weighted by Gasteiger charge is -2.38. The molecule has 1 fully saturated rings. The van der Waals surface area contributed by atoms with E-state index in [1.807, 2.05) is 41.3 Å². The van der Waals surface area contributed by atoms with E-state index in [0.29, 0.717) is 36.3 Å². The molecule has 0 N–H and O–H groups in total. The van der Waals surface area contributed by atoms with E-state index in [2.05, 4.69) is 33.5 Å². The number of fused-ring (bicyclic) bond motifs is 1. The van der Waals surface area contributed by atoms with Gasteiger partial charge in [0.2, 0.25) is 5.91 Å².